The molecule has 1 fully saturated rings. The molecule has 1 unspecified atom stereocenters. The Labute approximate surface area is 99.2 Å². The summed E-state index contributed by atoms with van der Waals surface area (Å²) in [5.41, 5.74) is -0.0537. The number of carbonyl (C=O) groups is 1. The van der Waals surface area contributed by atoms with Crippen LogP contribution in [0.15, 0.2) is 27.6 Å². The van der Waals surface area contributed by atoms with Gasteiger partial charge in [-0.1, -0.05) is 0 Å². The van der Waals surface area contributed by atoms with Crippen molar-refractivity contribution in [2.45, 2.75) is 25.3 Å². The van der Waals surface area contributed by atoms with Crippen molar-refractivity contribution >= 4 is 5.91 Å². The molecule has 2 heterocycles. The number of nitrogens with one attached hydrogen (secondary N) is 2. The van der Waals surface area contributed by atoms with Gasteiger partial charge in [0.1, 0.15) is 6.26 Å². The van der Waals surface area contributed by atoms with Crippen LogP contribution in [0, 0.1) is 0 Å². The second-order valence-electron chi connectivity index (χ2n) is 4.19. The van der Waals surface area contributed by atoms with E-state index in [0.29, 0.717) is 5.56 Å². The molecular weight excluding hydrogens is 220 g/mol. The van der Waals surface area contributed by atoms with Gasteiger partial charge in [-0.25, -0.2) is 4.79 Å². The lowest BCUT2D eigenvalue weighted by molar-refractivity contribution is 0.0931. The molecule has 5 heteroatoms. The first-order chi connectivity index (χ1) is 8.25. The number of carbonyl (C=O) groups excluding carboxylic acids is 1. The molecule has 0 aliphatic carbocycles. The highest BCUT2D eigenvalue weighted by Gasteiger charge is 2.15. The smallest absolute Gasteiger partial charge is 0.335 e. The van der Waals surface area contributed by atoms with Crippen molar-refractivity contribution in [3.63, 3.8) is 0 Å². The maximum atomic E-state index is 11.8. The molecule has 0 aromatic carbocycles. The van der Waals surface area contributed by atoms with Crippen LogP contribution in [0.3, 0.4) is 0 Å². The fraction of sp³-hybridized carbons (Fsp3) is 0.500. The molecule has 1 amide bonds. The van der Waals surface area contributed by atoms with Gasteiger partial charge >= 0.3 is 5.63 Å². The summed E-state index contributed by atoms with van der Waals surface area (Å²) >= 11 is 0. The normalized spacial score (nSPS) is 20.6. The van der Waals surface area contributed by atoms with Gasteiger partial charge < -0.3 is 15.1 Å². The van der Waals surface area contributed by atoms with Crippen molar-refractivity contribution in [3.8, 4) is 0 Å². The maximum absolute atomic E-state index is 11.8. The Morgan fingerprint density at radius 2 is 2.24 bits per heavy atom. The van der Waals surface area contributed by atoms with Gasteiger partial charge in [0.2, 0.25) is 0 Å². The van der Waals surface area contributed by atoms with Gasteiger partial charge in [-0.2, -0.15) is 0 Å². The highest BCUT2D eigenvalue weighted by Crippen LogP contribution is 2.06. The fourth-order valence-electron chi connectivity index (χ4n) is 1.92. The van der Waals surface area contributed by atoms with E-state index in [1.165, 1.54) is 18.4 Å². The lowest BCUT2D eigenvalue weighted by atomic mass is 10.1. The molecular formula is C12H16N2O3. The molecule has 5 nitrogen and oxygen atoms in total. The van der Waals surface area contributed by atoms with Gasteiger partial charge in [0, 0.05) is 12.1 Å². The summed E-state index contributed by atoms with van der Waals surface area (Å²) < 4.78 is 4.66. The molecule has 1 aromatic heterocycles. The fourth-order valence-corrected chi connectivity index (χ4v) is 1.92. The summed E-state index contributed by atoms with van der Waals surface area (Å²) in [6.45, 7) is 1.93. The predicted molar refractivity (Wildman–Crippen MR) is 63.0 cm³/mol. The van der Waals surface area contributed by atoms with Crippen molar-refractivity contribution in [1.82, 2.24) is 10.6 Å². The van der Waals surface area contributed by atoms with E-state index in [4.69, 9.17) is 0 Å². The van der Waals surface area contributed by atoms with Crippen LogP contribution in [-0.4, -0.2) is 25.0 Å². The Balaban J connectivity index is 1.95. The molecule has 1 saturated heterocycles. The van der Waals surface area contributed by atoms with E-state index < -0.39 is 5.63 Å². The highest BCUT2D eigenvalue weighted by molar-refractivity contribution is 5.93. The van der Waals surface area contributed by atoms with Gasteiger partial charge in [-0.05, 0) is 38.4 Å². The van der Waals surface area contributed by atoms with E-state index in [1.54, 1.807) is 0 Å². The molecule has 2 rings (SSSR count). The number of rotatable bonds is 2. The third-order valence-corrected chi connectivity index (χ3v) is 2.87. The first-order valence-electron chi connectivity index (χ1n) is 5.86. The minimum atomic E-state index is -0.444. The minimum Gasteiger partial charge on any atom is -0.430 e. The van der Waals surface area contributed by atoms with Crippen molar-refractivity contribution in [1.29, 1.82) is 0 Å². The Bertz CT molecular complexity index is 413. The summed E-state index contributed by atoms with van der Waals surface area (Å²) in [6, 6.07) is 2.93. The standard InChI is InChI=1S/C12H16N2O3/c15-11-4-3-9(8-17-11)12(16)14-10-2-1-6-13-7-5-10/h3-4,8,10,13H,1-2,5-7H2,(H,14,16). The van der Waals surface area contributed by atoms with E-state index in [1.807, 2.05) is 0 Å². The average molecular weight is 236 g/mol. The average Bonchev–Trinajstić information content (AvgIpc) is 2.58. The highest BCUT2D eigenvalue weighted by atomic mass is 16.4. The summed E-state index contributed by atoms with van der Waals surface area (Å²) in [6.07, 6.45) is 4.18. The van der Waals surface area contributed by atoms with Crippen molar-refractivity contribution in [2.75, 3.05) is 13.1 Å². The van der Waals surface area contributed by atoms with Crippen LogP contribution in [0.25, 0.3) is 0 Å². The minimum absolute atomic E-state index is 0.180. The number of hydrogen-bond donors (Lipinski definition) is 2. The summed E-state index contributed by atoms with van der Waals surface area (Å²) in [4.78, 5) is 22.6. The summed E-state index contributed by atoms with van der Waals surface area (Å²) in [5, 5.41) is 6.24. The molecule has 0 spiro atoms. The van der Waals surface area contributed by atoms with E-state index >= 15 is 0 Å². The van der Waals surface area contributed by atoms with Gasteiger partial charge in [-0.15, -0.1) is 0 Å². The predicted octanol–water partition coefficient (Wildman–Crippen LogP) is 0.512. The van der Waals surface area contributed by atoms with E-state index in [9.17, 15) is 9.59 Å². The lowest BCUT2D eigenvalue weighted by Crippen LogP contribution is -2.35. The number of hydrogen-bond acceptors (Lipinski definition) is 4. The number of amides is 1. The SMILES string of the molecule is O=C(NC1CCCNCC1)c1ccc(=O)oc1. The van der Waals surface area contributed by atoms with Crippen molar-refractivity contribution in [3.05, 3.63) is 34.4 Å². The van der Waals surface area contributed by atoms with Crippen LogP contribution in [0.2, 0.25) is 0 Å². The second kappa shape index (κ2) is 5.63. The summed E-state index contributed by atoms with van der Waals surface area (Å²) in [7, 11) is 0. The Morgan fingerprint density at radius 1 is 1.35 bits per heavy atom. The molecule has 0 saturated carbocycles. The van der Waals surface area contributed by atoms with Crippen LogP contribution >= 0.6 is 0 Å². The molecule has 2 N–H and O–H groups in total. The van der Waals surface area contributed by atoms with Gasteiger partial charge in [0.25, 0.3) is 5.91 Å². The molecule has 0 radical (unpaired) electrons. The molecule has 1 aromatic rings. The van der Waals surface area contributed by atoms with Gasteiger partial charge in [-0.3, -0.25) is 4.79 Å². The van der Waals surface area contributed by atoms with Crippen molar-refractivity contribution in [2.24, 2.45) is 0 Å². The largest absolute Gasteiger partial charge is 0.430 e. The molecule has 0 bridgehead atoms. The lowest BCUT2D eigenvalue weighted by Gasteiger charge is -2.15. The van der Waals surface area contributed by atoms with Crippen LogP contribution in [-0.2, 0) is 0 Å². The zero-order valence-electron chi connectivity index (χ0n) is 9.57. The molecule has 17 heavy (non-hydrogen) atoms. The third kappa shape index (κ3) is 3.42. The quantitative estimate of drug-likeness (QED) is 0.785. The van der Waals surface area contributed by atoms with E-state index in [0.717, 1.165) is 32.4 Å². The molecule has 1 aliphatic heterocycles. The van der Waals surface area contributed by atoms with Gasteiger partial charge in [0.05, 0.1) is 5.56 Å². The molecule has 1 aliphatic rings. The molecule has 92 valence electrons. The van der Waals surface area contributed by atoms with Crippen LogP contribution in [0.1, 0.15) is 29.6 Å². The first kappa shape index (κ1) is 11.9. The van der Waals surface area contributed by atoms with E-state index in [2.05, 4.69) is 15.1 Å². The first-order valence-corrected chi connectivity index (χ1v) is 5.86. The zero-order chi connectivity index (χ0) is 12.1. The van der Waals surface area contributed by atoms with Crippen molar-refractivity contribution < 1.29 is 9.21 Å². The maximum Gasteiger partial charge on any atom is 0.335 e. The Morgan fingerprint density at radius 3 is 3.00 bits per heavy atom. The van der Waals surface area contributed by atoms with E-state index in [-0.39, 0.29) is 11.9 Å². The van der Waals surface area contributed by atoms with Gasteiger partial charge in [0.15, 0.2) is 0 Å². The molecule has 1 atom stereocenters. The van der Waals surface area contributed by atoms with Crippen LogP contribution in [0.4, 0.5) is 0 Å². The van der Waals surface area contributed by atoms with Crippen LogP contribution in [0.5, 0.6) is 0 Å². The Hall–Kier alpha value is -1.62. The summed E-state index contributed by atoms with van der Waals surface area (Å²) in [5.74, 6) is -0.180. The second-order valence-corrected chi connectivity index (χ2v) is 4.19. The topological polar surface area (TPSA) is 71.3 Å². The monoisotopic (exact) mass is 236 g/mol. The Kier molecular flexibility index (Phi) is 3.93. The third-order valence-electron chi connectivity index (χ3n) is 2.87. The van der Waals surface area contributed by atoms with Crippen LogP contribution < -0.4 is 16.3 Å². The zero-order valence-corrected chi connectivity index (χ0v) is 9.57.